The van der Waals surface area contributed by atoms with Crippen LogP contribution in [0.5, 0.6) is 0 Å². The van der Waals surface area contributed by atoms with Gasteiger partial charge >= 0.3 is 0 Å². The Labute approximate surface area is 323 Å². The van der Waals surface area contributed by atoms with E-state index in [1.807, 2.05) is 42.6 Å². The van der Waals surface area contributed by atoms with Crippen molar-refractivity contribution in [1.82, 2.24) is 0 Å². The lowest BCUT2D eigenvalue weighted by Gasteiger charge is -2.28. The normalized spacial score (nSPS) is 12.3. The van der Waals surface area contributed by atoms with E-state index in [1.54, 1.807) is 0 Å². The molecule has 7 rings (SSSR count). The molecule has 0 aliphatic carbocycles. The zero-order valence-corrected chi connectivity index (χ0v) is 31.5. The van der Waals surface area contributed by atoms with Crippen LogP contribution in [0, 0.1) is 0 Å². The Morgan fingerprint density at radius 1 is 0.519 bits per heavy atom. The molecule has 264 valence electrons. The highest BCUT2D eigenvalue weighted by atomic mass is 32.1. The number of thiophene rings is 1. The van der Waals surface area contributed by atoms with Gasteiger partial charge in [-0.25, -0.2) is 0 Å². The Kier molecular flexibility index (Phi) is 11.1. The molecule has 6 aromatic carbocycles. The van der Waals surface area contributed by atoms with Crippen molar-refractivity contribution in [2.24, 2.45) is 0 Å². The maximum atomic E-state index is 4.31. The van der Waals surface area contributed by atoms with Gasteiger partial charge in [0.2, 0.25) is 0 Å². The third-order valence-corrected chi connectivity index (χ3v) is 10.4. The van der Waals surface area contributed by atoms with Gasteiger partial charge in [-0.3, -0.25) is 0 Å². The van der Waals surface area contributed by atoms with Gasteiger partial charge in [0, 0.05) is 71.4 Å². The molecule has 0 fully saturated rings. The predicted molar refractivity (Wildman–Crippen MR) is 237 cm³/mol. The summed E-state index contributed by atoms with van der Waals surface area (Å²) in [4.78, 5) is 6.84. The first kappa shape index (κ1) is 35.8. The molecular weight excluding hydrogens is 675 g/mol. The average Bonchev–Trinajstić information content (AvgIpc) is 3.59. The van der Waals surface area contributed by atoms with Gasteiger partial charge in [0.05, 0.1) is 0 Å². The number of fused-ring (bicyclic) bond motifs is 3. The van der Waals surface area contributed by atoms with E-state index in [0.717, 1.165) is 51.2 Å². The fourth-order valence-corrected chi connectivity index (χ4v) is 7.87. The lowest BCUT2D eigenvalue weighted by molar-refractivity contribution is 1.09. The summed E-state index contributed by atoms with van der Waals surface area (Å²) < 4.78 is 2.50. The fourth-order valence-electron chi connectivity index (χ4n) is 6.80. The summed E-state index contributed by atoms with van der Waals surface area (Å²) in [6, 6.07) is 55.6. The number of nitrogens with zero attached hydrogens (tertiary/aromatic N) is 3. The van der Waals surface area contributed by atoms with E-state index in [1.165, 1.54) is 20.2 Å². The number of hydrogen-bond acceptors (Lipinski definition) is 4. The maximum Gasteiger partial charge on any atom is 0.0468 e. The number of hydrogen-bond donors (Lipinski definition) is 0. The zero-order valence-electron chi connectivity index (χ0n) is 30.7. The minimum atomic E-state index is 0.952. The van der Waals surface area contributed by atoms with Crippen LogP contribution in [0.15, 0.2) is 231 Å². The van der Waals surface area contributed by atoms with Crippen LogP contribution in [0.1, 0.15) is 13.8 Å². The third-order valence-electron chi connectivity index (χ3n) is 9.21. The molecule has 0 spiro atoms. The van der Waals surface area contributed by atoms with Crippen LogP contribution in [0.25, 0.3) is 20.2 Å². The highest BCUT2D eigenvalue weighted by Crippen LogP contribution is 2.42. The van der Waals surface area contributed by atoms with Gasteiger partial charge < -0.3 is 14.7 Å². The smallest absolute Gasteiger partial charge is 0.0468 e. The van der Waals surface area contributed by atoms with E-state index in [2.05, 4.69) is 211 Å². The van der Waals surface area contributed by atoms with Crippen LogP contribution >= 0.6 is 11.3 Å². The standard InChI is InChI=1S/C50H43N3S/c1-5-20-40(21-6-2)51(41-22-12-8-13-23-41)38(4)30-31-39(7-3)52(42-24-14-9-15-25-42)45-32-34-49-47(36-45)48-37-46(33-35-50(48)54-49)53(43-26-16-10-17-27-43)44-28-18-11-19-29-44/h5-37H,1,3H2,2,4H3/b21-6-,38-30+,39-31+,40-20+. The first-order chi connectivity index (χ1) is 26.6. The lowest BCUT2D eigenvalue weighted by atomic mass is 10.1. The molecule has 0 aliphatic rings. The number of allylic oxidation sites excluding steroid dienone is 8. The van der Waals surface area contributed by atoms with Crippen molar-refractivity contribution in [3.05, 3.63) is 231 Å². The predicted octanol–water partition coefficient (Wildman–Crippen LogP) is 14.8. The Bertz CT molecular complexity index is 2450. The first-order valence-electron chi connectivity index (χ1n) is 18.1. The van der Waals surface area contributed by atoms with E-state index in [9.17, 15) is 0 Å². The molecule has 7 aromatic rings. The molecule has 54 heavy (non-hydrogen) atoms. The average molecular weight is 718 g/mol. The maximum absolute atomic E-state index is 4.31. The van der Waals surface area contributed by atoms with Crippen LogP contribution in [-0.2, 0) is 0 Å². The van der Waals surface area contributed by atoms with E-state index in [-0.39, 0.29) is 0 Å². The van der Waals surface area contributed by atoms with Crippen LogP contribution in [-0.4, -0.2) is 0 Å². The van der Waals surface area contributed by atoms with Gasteiger partial charge in [0.25, 0.3) is 0 Å². The summed E-state index contributed by atoms with van der Waals surface area (Å²) in [6.45, 7) is 12.5. The Balaban J connectivity index is 1.35. The fraction of sp³-hybridized carbons (Fsp3) is 0.0400. The highest BCUT2D eigenvalue weighted by molar-refractivity contribution is 7.25. The number of para-hydroxylation sites is 4. The van der Waals surface area contributed by atoms with Crippen LogP contribution in [0.2, 0.25) is 0 Å². The van der Waals surface area contributed by atoms with Gasteiger partial charge in [-0.1, -0.05) is 98.1 Å². The van der Waals surface area contributed by atoms with Gasteiger partial charge in [0.1, 0.15) is 0 Å². The van der Waals surface area contributed by atoms with E-state index >= 15 is 0 Å². The summed E-state index contributed by atoms with van der Waals surface area (Å²) in [7, 11) is 0. The van der Waals surface area contributed by atoms with Crippen molar-refractivity contribution in [3.8, 4) is 0 Å². The minimum Gasteiger partial charge on any atom is -0.315 e. The summed E-state index contributed by atoms with van der Waals surface area (Å²) in [6.07, 6.45) is 14.3. The third kappa shape index (κ3) is 7.61. The number of anilines is 6. The van der Waals surface area contributed by atoms with Crippen molar-refractivity contribution in [2.45, 2.75) is 13.8 Å². The van der Waals surface area contributed by atoms with E-state index < -0.39 is 0 Å². The molecule has 0 saturated heterocycles. The molecule has 0 bridgehead atoms. The lowest BCUT2D eigenvalue weighted by Crippen LogP contribution is -2.19. The molecule has 0 radical (unpaired) electrons. The second kappa shape index (κ2) is 16.8. The zero-order chi connectivity index (χ0) is 37.3. The van der Waals surface area contributed by atoms with Crippen molar-refractivity contribution in [1.29, 1.82) is 0 Å². The largest absolute Gasteiger partial charge is 0.315 e. The topological polar surface area (TPSA) is 9.72 Å². The van der Waals surface area contributed by atoms with Gasteiger partial charge in [0.15, 0.2) is 0 Å². The molecule has 0 saturated carbocycles. The molecule has 1 aromatic heterocycles. The minimum absolute atomic E-state index is 0.952. The van der Waals surface area contributed by atoms with Crippen molar-refractivity contribution >= 4 is 65.6 Å². The molecule has 0 unspecified atom stereocenters. The molecule has 0 atom stereocenters. The summed E-state index contributed by atoms with van der Waals surface area (Å²) >= 11 is 1.83. The SMILES string of the molecule is C=C/C=C(\C=C/C)N(/C(C)=C/C=C(\C=C)N(c1ccccc1)c1ccc2sc3ccc(N(c4ccccc4)c4ccccc4)cc3c2c1)c1ccccc1. The Hall–Kier alpha value is -6.62. The van der Waals surface area contributed by atoms with Crippen molar-refractivity contribution in [2.75, 3.05) is 14.7 Å². The molecule has 0 amide bonds. The summed E-state index contributed by atoms with van der Waals surface area (Å²) in [5, 5.41) is 2.44. The van der Waals surface area contributed by atoms with Crippen LogP contribution in [0.3, 0.4) is 0 Å². The van der Waals surface area contributed by atoms with Crippen molar-refractivity contribution in [3.63, 3.8) is 0 Å². The van der Waals surface area contributed by atoms with Crippen LogP contribution < -0.4 is 14.7 Å². The summed E-state index contributed by atoms with van der Waals surface area (Å²) in [5.41, 5.74) is 9.54. The molecular formula is C50H43N3S. The van der Waals surface area contributed by atoms with Crippen molar-refractivity contribution < 1.29 is 0 Å². The summed E-state index contributed by atoms with van der Waals surface area (Å²) in [5.74, 6) is 0. The second-order valence-electron chi connectivity index (χ2n) is 12.7. The quantitative estimate of drug-likeness (QED) is 0.110. The molecule has 0 aliphatic heterocycles. The van der Waals surface area contributed by atoms with Crippen LogP contribution in [0.4, 0.5) is 34.1 Å². The molecule has 1 heterocycles. The monoisotopic (exact) mass is 717 g/mol. The second-order valence-corrected chi connectivity index (χ2v) is 13.8. The molecule has 4 heteroatoms. The van der Waals surface area contributed by atoms with Gasteiger partial charge in [-0.2, -0.15) is 0 Å². The van der Waals surface area contributed by atoms with E-state index in [4.69, 9.17) is 0 Å². The highest BCUT2D eigenvalue weighted by Gasteiger charge is 2.18. The molecule has 3 nitrogen and oxygen atoms in total. The Morgan fingerprint density at radius 2 is 1.02 bits per heavy atom. The van der Waals surface area contributed by atoms with Gasteiger partial charge in [-0.05, 0) is 129 Å². The first-order valence-corrected chi connectivity index (χ1v) is 18.9. The molecule has 0 N–H and O–H groups in total. The van der Waals surface area contributed by atoms with Gasteiger partial charge in [-0.15, -0.1) is 11.3 Å². The van der Waals surface area contributed by atoms with E-state index in [0.29, 0.717) is 0 Å². The number of benzene rings is 6. The Morgan fingerprint density at radius 3 is 1.54 bits per heavy atom. The number of rotatable bonds is 13.